The Kier molecular flexibility index (Phi) is 7.19. The summed E-state index contributed by atoms with van der Waals surface area (Å²) in [7, 11) is 0. The maximum Gasteiger partial charge on any atom is 0.345 e. The number of benzene rings is 3. The van der Waals surface area contributed by atoms with Crippen LogP contribution >= 0.6 is 11.6 Å². The smallest absolute Gasteiger partial charge is 0.345 e. The first-order chi connectivity index (χ1) is 14.6. The van der Waals surface area contributed by atoms with Crippen LogP contribution in [0.5, 0.6) is 11.5 Å². The highest BCUT2D eigenvalue weighted by atomic mass is 35.5. The molecule has 3 rings (SSSR count). The first-order valence-corrected chi connectivity index (χ1v) is 9.58. The normalized spacial score (nSPS) is 10.6. The lowest BCUT2D eigenvalue weighted by Gasteiger charge is -2.12. The van der Waals surface area contributed by atoms with Crippen molar-refractivity contribution in [2.75, 3.05) is 6.61 Å². The number of rotatable bonds is 7. The molecule has 3 aromatic rings. The minimum Gasteiger partial charge on any atom is -0.490 e. The van der Waals surface area contributed by atoms with Gasteiger partial charge in [0.05, 0.1) is 23.4 Å². The van der Waals surface area contributed by atoms with E-state index in [1.807, 2.05) is 13.0 Å². The third kappa shape index (κ3) is 5.46. The molecule has 0 aliphatic heterocycles. The molecule has 0 aliphatic rings. The second-order valence-corrected chi connectivity index (χ2v) is 6.48. The van der Waals surface area contributed by atoms with Crippen molar-refractivity contribution in [1.29, 1.82) is 0 Å². The molecular formula is C23H19ClN2O4. The predicted octanol–water partition coefficient (Wildman–Crippen LogP) is 4.72. The SMILES string of the molecule is CCOc1cc(C=NNC(=O)c2ccccc2)ccc1OC(=O)c1ccccc1Cl. The van der Waals surface area contributed by atoms with Gasteiger partial charge in [0.25, 0.3) is 5.91 Å². The third-order valence-corrected chi connectivity index (χ3v) is 4.31. The molecule has 1 amide bonds. The molecule has 3 aromatic carbocycles. The van der Waals surface area contributed by atoms with Gasteiger partial charge in [-0.2, -0.15) is 5.10 Å². The second kappa shape index (κ2) is 10.2. The van der Waals surface area contributed by atoms with Crippen LogP contribution in [0.15, 0.2) is 77.9 Å². The van der Waals surface area contributed by atoms with Crippen LogP contribution in [0, 0.1) is 0 Å². The third-order valence-electron chi connectivity index (χ3n) is 3.98. The van der Waals surface area contributed by atoms with Gasteiger partial charge in [-0.25, -0.2) is 10.2 Å². The largest absolute Gasteiger partial charge is 0.490 e. The van der Waals surface area contributed by atoms with Crippen molar-refractivity contribution >= 4 is 29.7 Å². The van der Waals surface area contributed by atoms with Gasteiger partial charge in [-0.1, -0.05) is 41.9 Å². The number of nitrogens with one attached hydrogen (secondary N) is 1. The molecule has 0 saturated heterocycles. The van der Waals surface area contributed by atoms with Gasteiger partial charge in [0.2, 0.25) is 0 Å². The van der Waals surface area contributed by atoms with Crippen LogP contribution in [0.3, 0.4) is 0 Å². The average Bonchev–Trinajstić information content (AvgIpc) is 2.76. The van der Waals surface area contributed by atoms with E-state index in [-0.39, 0.29) is 17.2 Å². The first kappa shape index (κ1) is 21.1. The zero-order chi connectivity index (χ0) is 21.3. The molecule has 0 heterocycles. The molecule has 0 spiro atoms. The minimum absolute atomic E-state index is 0.257. The molecule has 0 fully saturated rings. The van der Waals surface area contributed by atoms with Crippen molar-refractivity contribution in [3.05, 3.63) is 94.5 Å². The Balaban J connectivity index is 1.72. The molecule has 0 bridgehead atoms. The molecule has 0 unspecified atom stereocenters. The number of carbonyl (C=O) groups excluding carboxylic acids is 2. The highest BCUT2D eigenvalue weighted by Crippen LogP contribution is 2.29. The predicted molar refractivity (Wildman–Crippen MR) is 116 cm³/mol. The number of amides is 1. The summed E-state index contributed by atoms with van der Waals surface area (Å²) < 4.78 is 11.0. The zero-order valence-electron chi connectivity index (χ0n) is 16.2. The Bertz CT molecular complexity index is 1070. The summed E-state index contributed by atoms with van der Waals surface area (Å²) in [5.41, 5.74) is 3.89. The number of ether oxygens (including phenoxy) is 2. The molecule has 0 saturated carbocycles. The summed E-state index contributed by atoms with van der Waals surface area (Å²) in [6, 6.07) is 20.4. The standard InChI is InChI=1S/C23H19ClN2O4/c1-2-29-21-14-16(15-25-26-22(27)17-8-4-3-5-9-17)12-13-20(21)30-23(28)18-10-6-7-11-19(18)24/h3-15H,2H2,1H3,(H,26,27). The van der Waals surface area contributed by atoms with Crippen LogP contribution < -0.4 is 14.9 Å². The van der Waals surface area contributed by atoms with Gasteiger partial charge >= 0.3 is 5.97 Å². The van der Waals surface area contributed by atoms with Crippen LogP contribution in [0.2, 0.25) is 5.02 Å². The lowest BCUT2D eigenvalue weighted by Crippen LogP contribution is -2.17. The van der Waals surface area contributed by atoms with Crippen molar-refractivity contribution in [1.82, 2.24) is 5.43 Å². The molecular weight excluding hydrogens is 404 g/mol. The monoisotopic (exact) mass is 422 g/mol. The van der Waals surface area contributed by atoms with E-state index < -0.39 is 5.97 Å². The average molecular weight is 423 g/mol. The van der Waals surface area contributed by atoms with E-state index in [2.05, 4.69) is 10.5 Å². The molecule has 0 aliphatic carbocycles. The highest BCUT2D eigenvalue weighted by molar-refractivity contribution is 6.33. The van der Waals surface area contributed by atoms with Crippen molar-refractivity contribution in [3.8, 4) is 11.5 Å². The number of hydrogen-bond acceptors (Lipinski definition) is 5. The summed E-state index contributed by atoms with van der Waals surface area (Å²) in [6.07, 6.45) is 1.48. The summed E-state index contributed by atoms with van der Waals surface area (Å²) in [5, 5.41) is 4.27. The number of halogens is 1. The topological polar surface area (TPSA) is 77.0 Å². The Hall–Kier alpha value is -3.64. The molecule has 7 heteroatoms. The Morgan fingerprint density at radius 1 is 1.00 bits per heavy atom. The van der Waals surface area contributed by atoms with Crippen molar-refractivity contribution in [3.63, 3.8) is 0 Å². The first-order valence-electron chi connectivity index (χ1n) is 9.20. The van der Waals surface area contributed by atoms with Crippen molar-refractivity contribution in [2.45, 2.75) is 6.92 Å². The molecule has 0 radical (unpaired) electrons. The maximum absolute atomic E-state index is 12.4. The summed E-state index contributed by atoms with van der Waals surface area (Å²) in [6.45, 7) is 2.20. The number of esters is 1. The van der Waals surface area contributed by atoms with Crippen molar-refractivity contribution < 1.29 is 19.1 Å². The van der Waals surface area contributed by atoms with Crippen LogP contribution in [-0.2, 0) is 0 Å². The van der Waals surface area contributed by atoms with Gasteiger partial charge < -0.3 is 9.47 Å². The molecule has 152 valence electrons. The summed E-state index contributed by atoms with van der Waals surface area (Å²) in [5.74, 6) is -0.274. The van der Waals surface area contributed by atoms with Crippen LogP contribution in [-0.4, -0.2) is 24.7 Å². The molecule has 0 atom stereocenters. The van der Waals surface area contributed by atoms with E-state index >= 15 is 0 Å². The second-order valence-electron chi connectivity index (χ2n) is 6.07. The van der Waals surface area contributed by atoms with Gasteiger partial charge in [0.1, 0.15) is 0 Å². The van der Waals surface area contributed by atoms with Crippen LogP contribution in [0.4, 0.5) is 0 Å². The summed E-state index contributed by atoms with van der Waals surface area (Å²) in [4.78, 5) is 24.4. The number of hydrogen-bond donors (Lipinski definition) is 1. The molecule has 6 nitrogen and oxygen atoms in total. The fourth-order valence-electron chi connectivity index (χ4n) is 2.56. The van der Waals surface area contributed by atoms with E-state index in [1.54, 1.807) is 66.7 Å². The Morgan fingerprint density at radius 3 is 2.47 bits per heavy atom. The van der Waals surface area contributed by atoms with E-state index in [0.717, 1.165) is 0 Å². The van der Waals surface area contributed by atoms with E-state index in [9.17, 15) is 9.59 Å². The Morgan fingerprint density at radius 2 is 1.73 bits per heavy atom. The minimum atomic E-state index is -0.585. The fourth-order valence-corrected chi connectivity index (χ4v) is 2.77. The van der Waals surface area contributed by atoms with Crippen LogP contribution in [0.25, 0.3) is 0 Å². The fraction of sp³-hybridized carbons (Fsp3) is 0.0870. The summed E-state index contributed by atoms with van der Waals surface area (Å²) >= 11 is 6.05. The lowest BCUT2D eigenvalue weighted by molar-refractivity contribution is 0.0728. The lowest BCUT2D eigenvalue weighted by atomic mass is 10.2. The molecule has 30 heavy (non-hydrogen) atoms. The zero-order valence-corrected chi connectivity index (χ0v) is 16.9. The van der Waals surface area contributed by atoms with E-state index in [0.29, 0.717) is 28.5 Å². The van der Waals surface area contributed by atoms with Crippen molar-refractivity contribution in [2.24, 2.45) is 5.10 Å². The van der Waals surface area contributed by atoms with Gasteiger partial charge in [0, 0.05) is 5.56 Å². The van der Waals surface area contributed by atoms with Gasteiger partial charge in [0.15, 0.2) is 11.5 Å². The maximum atomic E-state index is 12.4. The molecule has 1 N–H and O–H groups in total. The van der Waals surface area contributed by atoms with Crippen LogP contribution in [0.1, 0.15) is 33.2 Å². The van der Waals surface area contributed by atoms with E-state index in [4.69, 9.17) is 21.1 Å². The molecule has 0 aromatic heterocycles. The highest BCUT2D eigenvalue weighted by Gasteiger charge is 2.15. The van der Waals surface area contributed by atoms with Gasteiger partial charge in [-0.15, -0.1) is 0 Å². The van der Waals surface area contributed by atoms with E-state index in [1.165, 1.54) is 6.21 Å². The quantitative estimate of drug-likeness (QED) is 0.258. The van der Waals surface area contributed by atoms with Gasteiger partial charge in [-0.05, 0) is 55.0 Å². The number of carbonyl (C=O) groups is 2. The number of hydrazone groups is 1. The Labute approximate surface area is 179 Å². The van der Waals surface area contributed by atoms with Gasteiger partial charge in [-0.3, -0.25) is 4.79 Å². The number of nitrogens with zero attached hydrogens (tertiary/aromatic N) is 1.